The molecule has 0 unspecified atom stereocenters. The van der Waals surface area contributed by atoms with Crippen molar-refractivity contribution in [1.82, 2.24) is 25.5 Å². The van der Waals surface area contributed by atoms with Gasteiger partial charge >= 0.3 is 6.09 Å². The third-order valence-corrected chi connectivity index (χ3v) is 8.00. The summed E-state index contributed by atoms with van der Waals surface area (Å²) >= 11 is 0. The second kappa shape index (κ2) is 12.3. The van der Waals surface area contributed by atoms with Crippen LogP contribution in [0.1, 0.15) is 96.4 Å². The van der Waals surface area contributed by atoms with Crippen LogP contribution in [0.5, 0.6) is 0 Å². The van der Waals surface area contributed by atoms with E-state index in [9.17, 15) is 9.59 Å². The lowest BCUT2D eigenvalue weighted by molar-refractivity contribution is -0.121. The van der Waals surface area contributed by atoms with E-state index in [2.05, 4.69) is 30.8 Å². The van der Waals surface area contributed by atoms with Gasteiger partial charge in [-0.25, -0.2) is 14.8 Å². The number of aryl methyl sites for hydroxylation is 2. The summed E-state index contributed by atoms with van der Waals surface area (Å²) in [6.45, 7) is 9.34. The van der Waals surface area contributed by atoms with Crippen molar-refractivity contribution in [1.29, 1.82) is 0 Å². The van der Waals surface area contributed by atoms with Crippen molar-refractivity contribution in [2.75, 3.05) is 5.32 Å². The van der Waals surface area contributed by atoms with Gasteiger partial charge in [-0.3, -0.25) is 9.89 Å². The van der Waals surface area contributed by atoms with Gasteiger partial charge in [0.05, 0.1) is 29.3 Å². The van der Waals surface area contributed by atoms with Crippen LogP contribution in [0.15, 0.2) is 12.4 Å². The van der Waals surface area contributed by atoms with E-state index in [0.29, 0.717) is 23.3 Å². The molecule has 2 aromatic heterocycles. The predicted octanol–water partition coefficient (Wildman–Crippen LogP) is 6.09. The van der Waals surface area contributed by atoms with Gasteiger partial charge in [0, 0.05) is 5.69 Å². The maximum atomic E-state index is 13.9. The van der Waals surface area contributed by atoms with Crippen molar-refractivity contribution in [2.45, 2.75) is 110 Å². The zero-order valence-corrected chi connectivity index (χ0v) is 23.6. The quantitative estimate of drug-likeness (QED) is 0.403. The largest absolute Gasteiger partial charge is 0.444 e. The normalized spacial score (nSPS) is 18.3. The lowest BCUT2D eigenvalue weighted by Gasteiger charge is -2.42. The molecule has 2 aromatic rings. The smallest absolute Gasteiger partial charge is 0.408 e. The van der Waals surface area contributed by atoms with Crippen LogP contribution in [0.3, 0.4) is 0 Å². The average molecular weight is 525 g/mol. The van der Waals surface area contributed by atoms with E-state index in [1.807, 2.05) is 34.6 Å². The third kappa shape index (κ3) is 7.11. The Kier molecular flexibility index (Phi) is 9.05. The molecule has 1 atom stereocenters. The number of rotatable bonds is 7. The van der Waals surface area contributed by atoms with Gasteiger partial charge in [0.1, 0.15) is 11.6 Å². The highest BCUT2D eigenvalue weighted by atomic mass is 16.6. The monoisotopic (exact) mass is 524 g/mol. The highest BCUT2D eigenvalue weighted by Gasteiger charge is 2.41. The molecule has 2 fully saturated rings. The average Bonchev–Trinajstić information content (AvgIpc) is 3.22. The van der Waals surface area contributed by atoms with E-state index in [0.717, 1.165) is 42.6 Å². The maximum absolute atomic E-state index is 13.9. The van der Waals surface area contributed by atoms with E-state index in [1.54, 1.807) is 12.4 Å². The highest BCUT2D eigenvalue weighted by Crippen LogP contribution is 2.42. The Morgan fingerprint density at radius 3 is 1.97 bits per heavy atom. The lowest BCUT2D eigenvalue weighted by Crippen LogP contribution is -2.54. The number of nitrogens with zero attached hydrogens (tertiary/aromatic N) is 3. The molecule has 0 saturated heterocycles. The van der Waals surface area contributed by atoms with Gasteiger partial charge in [0.2, 0.25) is 5.91 Å². The van der Waals surface area contributed by atoms with Crippen LogP contribution < -0.4 is 10.6 Å². The molecule has 0 spiro atoms. The Balaban J connectivity index is 1.59. The van der Waals surface area contributed by atoms with E-state index < -0.39 is 17.7 Å². The minimum atomic E-state index is -0.686. The summed E-state index contributed by atoms with van der Waals surface area (Å²) < 4.78 is 5.61. The first-order valence-electron chi connectivity index (χ1n) is 14.3. The summed E-state index contributed by atoms with van der Waals surface area (Å²) in [5.74, 6) is 1.20. The Hall–Kier alpha value is -2.97. The Morgan fingerprint density at radius 2 is 1.50 bits per heavy atom. The van der Waals surface area contributed by atoms with Crippen molar-refractivity contribution < 1.29 is 14.3 Å². The third-order valence-electron chi connectivity index (χ3n) is 8.00. The zero-order valence-electron chi connectivity index (χ0n) is 23.6. The first kappa shape index (κ1) is 28.0. The van der Waals surface area contributed by atoms with Gasteiger partial charge in [0.25, 0.3) is 0 Å². The number of alkyl carbamates (subject to hydrolysis) is 1. The number of ether oxygens (including phenoxy) is 1. The van der Waals surface area contributed by atoms with Crippen molar-refractivity contribution in [3.05, 3.63) is 23.8 Å². The fourth-order valence-corrected chi connectivity index (χ4v) is 6.36. The molecule has 0 aromatic carbocycles. The molecule has 2 aliphatic rings. The molecule has 9 nitrogen and oxygen atoms in total. The molecule has 0 aliphatic heterocycles. The van der Waals surface area contributed by atoms with Crippen LogP contribution in [0, 0.1) is 31.6 Å². The van der Waals surface area contributed by atoms with Crippen LogP contribution in [-0.4, -0.2) is 43.8 Å². The molecule has 0 radical (unpaired) electrons. The number of carbonyl (C=O) groups excluding carboxylic acids is 2. The molecular weight excluding hydrogens is 480 g/mol. The number of nitrogens with one attached hydrogen (secondary N) is 3. The summed E-state index contributed by atoms with van der Waals surface area (Å²) in [4.78, 5) is 35.9. The number of amides is 2. The molecule has 4 rings (SSSR count). The maximum Gasteiger partial charge on any atom is 0.408 e. The van der Waals surface area contributed by atoms with Gasteiger partial charge in [-0.05, 0) is 52.4 Å². The summed E-state index contributed by atoms with van der Waals surface area (Å²) in [5, 5.41) is 13.2. The van der Waals surface area contributed by atoms with Gasteiger partial charge in [0.15, 0.2) is 5.82 Å². The van der Waals surface area contributed by atoms with Crippen molar-refractivity contribution in [3.63, 3.8) is 0 Å². The summed E-state index contributed by atoms with van der Waals surface area (Å²) in [7, 11) is 0. The van der Waals surface area contributed by atoms with Crippen LogP contribution in [-0.2, 0) is 9.53 Å². The number of hydrogen-bond donors (Lipinski definition) is 3. The first-order chi connectivity index (χ1) is 18.1. The molecule has 208 valence electrons. The molecule has 2 amide bonds. The SMILES string of the molecule is Cc1n[nH]c(C)c1-c1ncc(NC(=O)[C@@H](NC(=O)OC(C)(C)C)C(C2CCCCC2)C2CCCCC2)cn1. The number of H-pyrrole nitrogens is 1. The van der Waals surface area contributed by atoms with E-state index in [1.165, 1.54) is 38.5 Å². The fraction of sp³-hybridized carbons (Fsp3) is 0.690. The van der Waals surface area contributed by atoms with E-state index in [4.69, 9.17) is 4.74 Å². The molecule has 0 bridgehead atoms. The minimum Gasteiger partial charge on any atom is -0.444 e. The summed E-state index contributed by atoms with van der Waals surface area (Å²) in [5.41, 5.74) is 2.43. The molecule has 3 N–H and O–H groups in total. The Bertz CT molecular complexity index is 1040. The Labute approximate surface area is 226 Å². The van der Waals surface area contributed by atoms with Crippen LogP contribution in [0.25, 0.3) is 11.4 Å². The van der Waals surface area contributed by atoms with Gasteiger partial charge < -0.3 is 15.4 Å². The van der Waals surface area contributed by atoms with E-state index in [-0.39, 0.29) is 11.8 Å². The molecule has 2 saturated carbocycles. The van der Waals surface area contributed by atoms with Crippen molar-refractivity contribution in [3.8, 4) is 11.4 Å². The molecule has 2 aliphatic carbocycles. The topological polar surface area (TPSA) is 122 Å². The summed E-state index contributed by atoms with van der Waals surface area (Å²) in [6.07, 6.45) is 14.3. The predicted molar refractivity (Wildman–Crippen MR) is 148 cm³/mol. The van der Waals surface area contributed by atoms with Crippen LogP contribution in [0.2, 0.25) is 0 Å². The number of anilines is 1. The molecular formula is C29H44N6O3. The minimum absolute atomic E-state index is 0.0690. The van der Waals surface area contributed by atoms with Gasteiger partial charge in [-0.2, -0.15) is 5.10 Å². The number of aromatic nitrogens is 4. The van der Waals surface area contributed by atoms with E-state index >= 15 is 0 Å². The van der Waals surface area contributed by atoms with Crippen LogP contribution in [0.4, 0.5) is 10.5 Å². The van der Waals surface area contributed by atoms with Crippen molar-refractivity contribution in [2.24, 2.45) is 17.8 Å². The second-order valence-corrected chi connectivity index (χ2v) is 12.1. The standard InChI is InChI=1S/C29H44N6O3/c1-18-23(19(2)35-34-18)26-30-16-22(17-31-26)32-27(36)25(33-28(37)38-29(3,4)5)24(20-12-8-6-9-13-20)21-14-10-7-11-15-21/h16-17,20-21,24-25H,6-15H2,1-5H3,(H,32,36)(H,33,37)(H,34,35)/t25-/m0/s1. The Morgan fingerprint density at radius 1 is 0.947 bits per heavy atom. The fourth-order valence-electron chi connectivity index (χ4n) is 6.36. The zero-order chi connectivity index (χ0) is 27.3. The number of aromatic amines is 1. The number of hydrogen-bond acceptors (Lipinski definition) is 6. The summed E-state index contributed by atoms with van der Waals surface area (Å²) in [6, 6.07) is -0.686. The van der Waals surface area contributed by atoms with Crippen LogP contribution >= 0.6 is 0 Å². The van der Waals surface area contributed by atoms with Crippen molar-refractivity contribution >= 4 is 17.7 Å². The van der Waals surface area contributed by atoms with Gasteiger partial charge in [-0.15, -0.1) is 0 Å². The van der Waals surface area contributed by atoms with Gasteiger partial charge in [-0.1, -0.05) is 64.2 Å². The molecule has 38 heavy (non-hydrogen) atoms. The molecule has 2 heterocycles. The lowest BCUT2D eigenvalue weighted by atomic mass is 9.66. The highest BCUT2D eigenvalue weighted by molar-refractivity contribution is 5.96. The number of carbonyl (C=O) groups is 2. The first-order valence-corrected chi connectivity index (χ1v) is 14.3. The molecule has 9 heteroatoms. The second-order valence-electron chi connectivity index (χ2n) is 12.1.